The zero-order valence-corrected chi connectivity index (χ0v) is 13.9. The van der Waals surface area contributed by atoms with Crippen LogP contribution in [0.5, 0.6) is 0 Å². The van der Waals surface area contributed by atoms with Crippen LogP contribution in [0.4, 0.5) is 0 Å². The van der Waals surface area contributed by atoms with Crippen molar-refractivity contribution >= 4 is 5.91 Å². The molecular formula is C19H18N4O2. The fourth-order valence-electron chi connectivity index (χ4n) is 3.20. The third-order valence-corrected chi connectivity index (χ3v) is 4.43. The second kappa shape index (κ2) is 6.47. The molecule has 1 amide bonds. The summed E-state index contributed by atoms with van der Waals surface area (Å²) < 4.78 is 5.16. The van der Waals surface area contributed by atoms with Gasteiger partial charge >= 0.3 is 0 Å². The van der Waals surface area contributed by atoms with Gasteiger partial charge in [-0.15, -0.1) is 0 Å². The van der Waals surface area contributed by atoms with Gasteiger partial charge < -0.3 is 9.42 Å². The van der Waals surface area contributed by atoms with Gasteiger partial charge in [-0.05, 0) is 19.8 Å². The van der Waals surface area contributed by atoms with Crippen LogP contribution in [0.25, 0.3) is 11.4 Å². The van der Waals surface area contributed by atoms with E-state index in [1.807, 2.05) is 48.2 Å². The van der Waals surface area contributed by atoms with Crippen molar-refractivity contribution in [3.63, 3.8) is 0 Å². The first-order valence-corrected chi connectivity index (χ1v) is 8.34. The van der Waals surface area contributed by atoms with Crippen molar-refractivity contribution in [1.82, 2.24) is 20.0 Å². The maximum absolute atomic E-state index is 12.9. The molecule has 1 saturated heterocycles. The third-order valence-electron chi connectivity index (χ3n) is 4.43. The summed E-state index contributed by atoms with van der Waals surface area (Å²) in [7, 11) is 0. The van der Waals surface area contributed by atoms with Crippen molar-refractivity contribution in [2.75, 3.05) is 6.54 Å². The molecule has 1 fully saturated rings. The van der Waals surface area contributed by atoms with Gasteiger partial charge in [-0.25, -0.2) is 9.97 Å². The number of likely N-dealkylation sites (tertiary alicyclic amines) is 1. The number of carbonyl (C=O) groups excluding carboxylic acids is 1. The number of nitrogens with zero attached hydrogens (tertiary/aromatic N) is 4. The summed E-state index contributed by atoms with van der Waals surface area (Å²) in [4.78, 5) is 23.4. The molecule has 3 aromatic rings. The SMILES string of the molecule is Cc1cc(C2CCCN2C(=O)c2cnc(-c3ccccc3)nc2)no1. The van der Waals surface area contributed by atoms with E-state index < -0.39 is 0 Å². The van der Waals surface area contributed by atoms with Crippen LogP contribution in [0.2, 0.25) is 0 Å². The molecule has 0 bridgehead atoms. The number of carbonyl (C=O) groups is 1. The topological polar surface area (TPSA) is 72.1 Å². The molecule has 1 aliphatic rings. The standard InChI is InChI=1S/C19H18N4O2/c1-13-10-16(22-25-13)17-8-5-9-23(17)19(24)15-11-20-18(21-12-15)14-6-3-2-4-7-14/h2-4,6-7,10-12,17H,5,8-9H2,1H3. The van der Waals surface area contributed by atoms with Crippen LogP contribution >= 0.6 is 0 Å². The molecular weight excluding hydrogens is 316 g/mol. The lowest BCUT2D eigenvalue weighted by Gasteiger charge is -2.22. The molecule has 1 atom stereocenters. The molecule has 4 rings (SSSR count). The lowest BCUT2D eigenvalue weighted by Crippen LogP contribution is -2.31. The van der Waals surface area contributed by atoms with Gasteiger partial charge in [-0.2, -0.15) is 0 Å². The maximum atomic E-state index is 12.9. The molecule has 0 radical (unpaired) electrons. The number of benzene rings is 1. The molecule has 6 heteroatoms. The predicted molar refractivity (Wildman–Crippen MR) is 91.7 cm³/mol. The van der Waals surface area contributed by atoms with Crippen molar-refractivity contribution < 1.29 is 9.32 Å². The maximum Gasteiger partial charge on any atom is 0.257 e. The quantitative estimate of drug-likeness (QED) is 0.734. The van der Waals surface area contributed by atoms with Gasteiger partial charge in [0.25, 0.3) is 5.91 Å². The van der Waals surface area contributed by atoms with Gasteiger partial charge in [0.15, 0.2) is 5.82 Å². The summed E-state index contributed by atoms with van der Waals surface area (Å²) in [5.74, 6) is 1.30. The van der Waals surface area contributed by atoms with Crippen molar-refractivity contribution in [2.45, 2.75) is 25.8 Å². The highest BCUT2D eigenvalue weighted by molar-refractivity contribution is 5.94. The lowest BCUT2D eigenvalue weighted by molar-refractivity contribution is 0.0730. The van der Waals surface area contributed by atoms with Crippen molar-refractivity contribution in [3.8, 4) is 11.4 Å². The molecule has 0 spiro atoms. The van der Waals surface area contributed by atoms with Crippen molar-refractivity contribution in [3.05, 3.63) is 65.8 Å². The van der Waals surface area contributed by atoms with E-state index in [4.69, 9.17) is 4.52 Å². The average Bonchev–Trinajstić information content (AvgIpc) is 3.31. The summed E-state index contributed by atoms with van der Waals surface area (Å²) in [6.07, 6.45) is 5.04. The summed E-state index contributed by atoms with van der Waals surface area (Å²) in [5, 5.41) is 4.08. The second-order valence-corrected chi connectivity index (χ2v) is 6.18. The number of hydrogen-bond donors (Lipinski definition) is 0. The molecule has 2 aromatic heterocycles. The zero-order valence-electron chi connectivity index (χ0n) is 13.9. The van der Waals surface area contributed by atoms with Crippen LogP contribution in [0.15, 0.2) is 53.3 Å². The molecule has 126 valence electrons. The largest absolute Gasteiger partial charge is 0.361 e. The van der Waals surface area contributed by atoms with E-state index in [1.165, 1.54) is 0 Å². The van der Waals surface area contributed by atoms with Crippen LogP contribution in [0, 0.1) is 6.92 Å². The molecule has 1 unspecified atom stereocenters. The van der Waals surface area contributed by atoms with E-state index >= 15 is 0 Å². The van der Waals surface area contributed by atoms with E-state index in [9.17, 15) is 4.79 Å². The van der Waals surface area contributed by atoms with Gasteiger partial charge in [-0.3, -0.25) is 4.79 Å². The first kappa shape index (κ1) is 15.5. The summed E-state index contributed by atoms with van der Waals surface area (Å²) in [5.41, 5.74) is 2.23. The number of hydrogen-bond acceptors (Lipinski definition) is 5. The molecule has 6 nitrogen and oxygen atoms in total. The first-order valence-electron chi connectivity index (χ1n) is 8.34. The number of aryl methyl sites for hydroxylation is 1. The fourth-order valence-corrected chi connectivity index (χ4v) is 3.20. The monoisotopic (exact) mass is 334 g/mol. The summed E-state index contributed by atoms with van der Waals surface area (Å²) in [6, 6.07) is 11.6. The van der Waals surface area contributed by atoms with Crippen LogP contribution in [0.3, 0.4) is 0 Å². The Labute approximate surface area is 145 Å². The van der Waals surface area contributed by atoms with Gasteiger partial charge in [0.2, 0.25) is 0 Å². The highest BCUT2D eigenvalue weighted by atomic mass is 16.5. The number of amides is 1. The minimum absolute atomic E-state index is 0.0428. The molecule has 25 heavy (non-hydrogen) atoms. The van der Waals surface area contributed by atoms with Gasteiger partial charge in [0, 0.05) is 30.6 Å². The van der Waals surface area contributed by atoms with Gasteiger partial charge in [0.05, 0.1) is 11.6 Å². The molecule has 0 aliphatic carbocycles. The number of aromatic nitrogens is 3. The minimum Gasteiger partial charge on any atom is -0.361 e. The highest BCUT2D eigenvalue weighted by Gasteiger charge is 2.32. The highest BCUT2D eigenvalue weighted by Crippen LogP contribution is 2.32. The van der Waals surface area contributed by atoms with Gasteiger partial charge in [-0.1, -0.05) is 35.5 Å². The Hall–Kier alpha value is -3.02. The van der Waals surface area contributed by atoms with Crippen LogP contribution in [-0.2, 0) is 0 Å². The second-order valence-electron chi connectivity index (χ2n) is 6.18. The average molecular weight is 334 g/mol. The Morgan fingerprint density at radius 1 is 1.20 bits per heavy atom. The van der Waals surface area contributed by atoms with Crippen molar-refractivity contribution in [1.29, 1.82) is 0 Å². The zero-order chi connectivity index (χ0) is 17.2. The van der Waals surface area contributed by atoms with E-state index in [1.54, 1.807) is 12.4 Å². The summed E-state index contributed by atoms with van der Waals surface area (Å²) in [6.45, 7) is 2.56. The first-order chi connectivity index (χ1) is 12.2. The molecule has 1 aromatic carbocycles. The Bertz CT molecular complexity index is 874. The lowest BCUT2D eigenvalue weighted by atomic mass is 10.1. The fraction of sp³-hybridized carbons (Fsp3) is 0.263. The van der Waals surface area contributed by atoms with E-state index in [-0.39, 0.29) is 11.9 Å². The molecule has 3 heterocycles. The van der Waals surface area contributed by atoms with Crippen LogP contribution in [-0.4, -0.2) is 32.5 Å². The Balaban J connectivity index is 1.56. The molecule has 0 saturated carbocycles. The molecule has 0 N–H and O–H groups in total. The molecule has 1 aliphatic heterocycles. The van der Waals surface area contributed by atoms with Crippen LogP contribution in [0.1, 0.15) is 40.7 Å². The minimum atomic E-state index is -0.0669. The van der Waals surface area contributed by atoms with E-state index in [0.29, 0.717) is 17.9 Å². The van der Waals surface area contributed by atoms with E-state index in [2.05, 4.69) is 15.1 Å². The van der Waals surface area contributed by atoms with Crippen LogP contribution < -0.4 is 0 Å². The normalized spacial score (nSPS) is 17.0. The van der Waals surface area contributed by atoms with E-state index in [0.717, 1.165) is 29.9 Å². The number of rotatable bonds is 3. The Morgan fingerprint density at radius 2 is 1.96 bits per heavy atom. The summed E-state index contributed by atoms with van der Waals surface area (Å²) >= 11 is 0. The Kier molecular flexibility index (Phi) is 4.01. The predicted octanol–water partition coefficient (Wildman–Crippen LogP) is 3.42. The smallest absolute Gasteiger partial charge is 0.257 e. The van der Waals surface area contributed by atoms with Crippen molar-refractivity contribution in [2.24, 2.45) is 0 Å². The Morgan fingerprint density at radius 3 is 2.64 bits per heavy atom. The third kappa shape index (κ3) is 3.03. The van der Waals surface area contributed by atoms with Gasteiger partial charge in [0.1, 0.15) is 11.5 Å².